The van der Waals surface area contributed by atoms with Crippen LogP contribution in [0.25, 0.3) is 34.2 Å². The number of nitrogens with zero attached hydrogens (tertiary/aromatic N) is 2. The topological polar surface area (TPSA) is 100 Å². The molecule has 2 aliphatic heterocycles. The Morgan fingerprint density at radius 2 is 1.74 bits per heavy atom. The van der Waals surface area contributed by atoms with Gasteiger partial charge in [-0.25, -0.2) is 4.98 Å². The summed E-state index contributed by atoms with van der Waals surface area (Å²) in [5.74, 6) is -0.0408. The van der Waals surface area contributed by atoms with E-state index >= 15 is 0 Å². The Labute approximate surface area is 179 Å². The highest BCUT2D eigenvalue weighted by atomic mass is 16.1. The van der Waals surface area contributed by atoms with Crippen molar-refractivity contribution in [2.75, 3.05) is 0 Å². The highest BCUT2D eigenvalue weighted by Crippen LogP contribution is 2.36. The molecular weight excluding hydrogens is 386 g/mol. The van der Waals surface area contributed by atoms with Crippen LogP contribution in [0.1, 0.15) is 52.7 Å². The molecule has 1 atom stereocenters. The van der Waals surface area contributed by atoms with Gasteiger partial charge in [-0.1, -0.05) is 0 Å². The lowest BCUT2D eigenvalue weighted by molar-refractivity contribution is -0.118. The number of carbonyl (C=O) groups excluding carboxylic acids is 1. The maximum Gasteiger partial charge on any atom is 0.217 e. The Balaban J connectivity index is 1.62. The fourth-order valence-electron chi connectivity index (χ4n) is 4.96. The summed E-state index contributed by atoms with van der Waals surface area (Å²) in [7, 11) is 0. The standard InChI is InChI=1S/C25H23N5O/c26-23(31)8-2-15-10-21-13-19-6-4-17(28-19)11-16-3-5-18(27-16)12-20-9-14-1-7-22(24(14)29-20)25(15)30-21/h3-6,9,11-13,15,28-29H,1-2,7-8,10H2,(H2,26,31). The van der Waals surface area contributed by atoms with E-state index in [1.807, 2.05) is 18.2 Å². The van der Waals surface area contributed by atoms with Gasteiger partial charge >= 0.3 is 0 Å². The minimum Gasteiger partial charge on any atom is -0.370 e. The SMILES string of the molecule is NC(=O)CCC1Cc2cc3ccc(cc4nc(cc5cc6c([nH]5)c(c1n2)CC6)C=C4)[nH]3. The summed E-state index contributed by atoms with van der Waals surface area (Å²) in [4.78, 5) is 28.3. The summed E-state index contributed by atoms with van der Waals surface area (Å²) in [5, 5.41) is 0. The van der Waals surface area contributed by atoms with Gasteiger partial charge in [0, 0.05) is 45.8 Å². The summed E-state index contributed by atoms with van der Waals surface area (Å²) in [5.41, 5.74) is 16.3. The first-order chi connectivity index (χ1) is 15.1. The molecule has 31 heavy (non-hydrogen) atoms. The third-order valence-corrected chi connectivity index (χ3v) is 6.36. The van der Waals surface area contributed by atoms with Gasteiger partial charge in [0.1, 0.15) is 0 Å². The predicted molar refractivity (Wildman–Crippen MR) is 122 cm³/mol. The van der Waals surface area contributed by atoms with E-state index in [0.29, 0.717) is 6.42 Å². The van der Waals surface area contributed by atoms with Crippen molar-refractivity contribution < 1.29 is 4.79 Å². The predicted octanol–water partition coefficient (Wildman–Crippen LogP) is 4.18. The minimum absolute atomic E-state index is 0.214. The lowest BCUT2D eigenvalue weighted by Gasteiger charge is -2.10. The molecule has 0 saturated carbocycles. The zero-order valence-corrected chi connectivity index (χ0v) is 17.1. The summed E-state index contributed by atoms with van der Waals surface area (Å²) in [6, 6.07) is 12.6. The molecule has 6 nitrogen and oxygen atoms in total. The van der Waals surface area contributed by atoms with Crippen LogP contribution >= 0.6 is 0 Å². The van der Waals surface area contributed by atoms with E-state index in [-0.39, 0.29) is 11.8 Å². The largest absolute Gasteiger partial charge is 0.370 e. The maximum atomic E-state index is 11.5. The second-order valence-corrected chi connectivity index (χ2v) is 8.59. The minimum atomic E-state index is -0.255. The number of aryl methyl sites for hydroxylation is 2. The normalized spacial score (nSPS) is 16.7. The first-order valence-electron chi connectivity index (χ1n) is 10.8. The molecule has 3 aliphatic rings. The molecule has 6 heteroatoms. The number of amides is 1. The highest BCUT2D eigenvalue weighted by Gasteiger charge is 2.27. The molecule has 3 aromatic heterocycles. The van der Waals surface area contributed by atoms with E-state index in [0.717, 1.165) is 65.0 Å². The van der Waals surface area contributed by atoms with Crippen LogP contribution in [0.2, 0.25) is 0 Å². The van der Waals surface area contributed by atoms with Crippen molar-refractivity contribution in [2.24, 2.45) is 5.73 Å². The van der Waals surface area contributed by atoms with Crippen molar-refractivity contribution in [1.29, 1.82) is 0 Å². The smallest absolute Gasteiger partial charge is 0.217 e. The number of rotatable bonds is 3. The number of primary amides is 1. The lowest BCUT2D eigenvalue weighted by Crippen LogP contribution is -2.12. The molecule has 154 valence electrons. The van der Waals surface area contributed by atoms with E-state index in [1.165, 1.54) is 16.6 Å². The van der Waals surface area contributed by atoms with E-state index in [9.17, 15) is 4.79 Å². The number of aromatic nitrogens is 4. The number of carbonyl (C=O) groups is 1. The first kappa shape index (κ1) is 18.1. The molecule has 6 rings (SSSR count). The number of nitrogens with one attached hydrogen (secondary N) is 2. The molecule has 4 N–H and O–H groups in total. The van der Waals surface area contributed by atoms with Crippen LogP contribution in [0.15, 0.2) is 36.4 Å². The molecule has 1 unspecified atom stereocenters. The average molecular weight is 409 g/mol. The number of H-pyrrole nitrogens is 2. The Morgan fingerprint density at radius 1 is 0.968 bits per heavy atom. The summed E-state index contributed by atoms with van der Waals surface area (Å²) in [6.07, 6.45) is 7.99. The van der Waals surface area contributed by atoms with Crippen LogP contribution in [0.3, 0.4) is 0 Å². The number of aromatic amines is 2. The third kappa shape index (κ3) is 3.34. The molecule has 0 saturated heterocycles. The van der Waals surface area contributed by atoms with Gasteiger partial charge in [-0.05, 0) is 85.4 Å². The van der Waals surface area contributed by atoms with Gasteiger partial charge in [-0.3, -0.25) is 9.78 Å². The first-order valence-corrected chi connectivity index (χ1v) is 10.8. The molecule has 0 aromatic carbocycles. The molecule has 1 amide bonds. The van der Waals surface area contributed by atoms with E-state index in [1.54, 1.807) is 0 Å². The quantitative estimate of drug-likeness (QED) is 0.473. The Hall–Kier alpha value is -3.67. The molecule has 0 fully saturated rings. The van der Waals surface area contributed by atoms with Crippen molar-refractivity contribution in [3.63, 3.8) is 0 Å². The molecule has 8 bridgehead atoms. The number of hydrogen-bond donors (Lipinski definition) is 3. The average Bonchev–Trinajstić information content (AvgIpc) is 3.51. The van der Waals surface area contributed by atoms with Gasteiger partial charge in [0.05, 0.1) is 11.4 Å². The molecular formula is C25H23N5O. The number of nitrogens with two attached hydrogens (primary N) is 1. The summed E-state index contributed by atoms with van der Waals surface area (Å²) in [6.45, 7) is 0. The van der Waals surface area contributed by atoms with Crippen LogP contribution in [0, 0.1) is 0 Å². The number of hydrogen-bond acceptors (Lipinski definition) is 3. The van der Waals surface area contributed by atoms with Gasteiger partial charge in [0.25, 0.3) is 0 Å². The van der Waals surface area contributed by atoms with Crippen LogP contribution in [0.4, 0.5) is 0 Å². The van der Waals surface area contributed by atoms with Crippen LogP contribution < -0.4 is 5.73 Å². The summed E-state index contributed by atoms with van der Waals surface area (Å²) < 4.78 is 0. The molecule has 5 heterocycles. The van der Waals surface area contributed by atoms with Gasteiger partial charge in [0.2, 0.25) is 5.91 Å². The molecule has 3 aromatic rings. The lowest BCUT2D eigenvalue weighted by atomic mass is 9.93. The Bertz CT molecular complexity index is 1410. The highest BCUT2D eigenvalue weighted by molar-refractivity contribution is 5.77. The number of fused-ring (bicyclic) bond motifs is 8. The van der Waals surface area contributed by atoms with E-state index in [4.69, 9.17) is 15.7 Å². The van der Waals surface area contributed by atoms with Crippen LogP contribution in [-0.4, -0.2) is 25.8 Å². The second-order valence-electron chi connectivity index (χ2n) is 8.59. The third-order valence-electron chi connectivity index (χ3n) is 6.36. The summed E-state index contributed by atoms with van der Waals surface area (Å²) >= 11 is 0. The Kier molecular flexibility index (Phi) is 4.06. The van der Waals surface area contributed by atoms with Crippen LogP contribution in [-0.2, 0) is 24.1 Å². The van der Waals surface area contributed by atoms with Crippen molar-refractivity contribution in [3.8, 4) is 0 Å². The molecule has 1 aliphatic carbocycles. The van der Waals surface area contributed by atoms with Gasteiger partial charge in [-0.2, -0.15) is 0 Å². The molecule has 0 radical (unpaired) electrons. The van der Waals surface area contributed by atoms with Crippen molar-refractivity contribution >= 4 is 40.1 Å². The monoisotopic (exact) mass is 409 g/mol. The van der Waals surface area contributed by atoms with E-state index < -0.39 is 0 Å². The molecule has 0 spiro atoms. The fraction of sp³-hybridized carbons (Fsp3) is 0.240. The zero-order valence-electron chi connectivity index (χ0n) is 17.1. The van der Waals surface area contributed by atoms with Gasteiger partial charge in [0.15, 0.2) is 0 Å². The van der Waals surface area contributed by atoms with Gasteiger partial charge in [-0.15, -0.1) is 0 Å². The van der Waals surface area contributed by atoms with Crippen molar-refractivity contribution in [2.45, 2.75) is 38.0 Å². The van der Waals surface area contributed by atoms with Gasteiger partial charge < -0.3 is 15.7 Å². The zero-order chi connectivity index (χ0) is 20.9. The maximum absolute atomic E-state index is 11.5. The van der Waals surface area contributed by atoms with Crippen LogP contribution in [0.5, 0.6) is 0 Å². The van der Waals surface area contributed by atoms with Crippen molar-refractivity contribution in [3.05, 3.63) is 70.3 Å². The Morgan fingerprint density at radius 3 is 2.55 bits per heavy atom. The fourth-order valence-corrected chi connectivity index (χ4v) is 4.96. The van der Waals surface area contributed by atoms with E-state index in [2.05, 4.69) is 40.3 Å². The second kappa shape index (κ2) is 6.94. The van der Waals surface area contributed by atoms with Crippen molar-refractivity contribution in [1.82, 2.24) is 19.9 Å².